The number of rotatable bonds is 6. The highest BCUT2D eigenvalue weighted by Crippen LogP contribution is 2.45. The van der Waals surface area contributed by atoms with Crippen molar-refractivity contribution in [2.24, 2.45) is 0 Å². The lowest BCUT2D eigenvalue weighted by molar-refractivity contribution is 1.10. The Bertz CT molecular complexity index is 3370. The highest BCUT2D eigenvalue weighted by Gasteiger charge is 2.25. The Morgan fingerprint density at radius 1 is 0.271 bits per heavy atom. The lowest BCUT2D eigenvalue weighted by Crippen LogP contribution is -2.01. The normalized spacial score (nSPS) is 11.7. The number of fused-ring (bicyclic) bond motifs is 5. The molecule has 12 rings (SSSR count). The third-order valence-corrected chi connectivity index (χ3v) is 11.5. The van der Waals surface area contributed by atoms with Gasteiger partial charge in [0.05, 0.1) is 33.1 Å². The Hall–Kier alpha value is -8.09. The second kappa shape index (κ2) is 13.3. The SMILES string of the molecule is c1ccc(-n2c(-c3cccc4c(-c5nc6ccccc6n5-c5ccccc5)c5cccc(-c6nc7ccccc7n6-c6ccccc6)c5cc34)nc3ccccc32)cc1. The van der Waals surface area contributed by atoms with Crippen LogP contribution in [0.4, 0.5) is 0 Å². The van der Waals surface area contributed by atoms with Crippen LogP contribution in [0, 0.1) is 0 Å². The average molecular weight is 755 g/mol. The molecule has 3 heterocycles. The molecule has 6 heteroatoms. The van der Waals surface area contributed by atoms with Gasteiger partial charge in [-0.3, -0.25) is 13.7 Å². The van der Waals surface area contributed by atoms with Crippen LogP contribution in [-0.4, -0.2) is 28.7 Å². The summed E-state index contributed by atoms with van der Waals surface area (Å²) in [5.74, 6) is 2.62. The Morgan fingerprint density at radius 2 is 0.610 bits per heavy atom. The van der Waals surface area contributed by atoms with Gasteiger partial charge in [-0.05, 0) is 100 Å². The van der Waals surface area contributed by atoms with E-state index in [4.69, 9.17) is 15.0 Å². The predicted molar refractivity (Wildman–Crippen MR) is 242 cm³/mol. The summed E-state index contributed by atoms with van der Waals surface area (Å²) >= 11 is 0. The number of hydrogen-bond acceptors (Lipinski definition) is 3. The van der Waals surface area contributed by atoms with E-state index in [-0.39, 0.29) is 0 Å². The molecule has 0 aliphatic heterocycles. The van der Waals surface area contributed by atoms with Crippen LogP contribution in [0.25, 0.3) is 106 Å². The second-order valence-electron chi connectivity index (χ2n) is 14.8. The molecule has 59 heavy (non-hydrogen) atoms. The van der Waals surface area contributed by atoms with Crippen LogP contribution in [0.1, 0.15) is 0 Å². The molecule has 0 aliphatic rings. The number of benzene rings is 9. The fourth-order valence-corrected chi connectivity index (χ4v) is 8.92. The van der Waals surface area contributed by atoms with Crippen LogP contribution in [0.2, 0.25) is 0 Å². The summed E-state index contributed by atoms with van der Waals surface area (Å²) in [6.45, 7) is 0. The maximum Gasteiger partial charge on any atom is 0.146 e. The molecule has 276 valence electrons. The minimum absolute atomic E-state index is 0.871. The smallest absolute Gasteiger partial charge is 0.146 e. The van der Waals surface area contributed by atoms with Gasteiger partial charge >= 0.3 is 0 Å². The van der Waals surface area contributed by atoms with Crippen molar-refractivity contribution in [3.8, 4) is 51.2 Å². The molecular weight excluding hydrogens is 721 g/mol. The molecular formula is C53H34N6. The number of hydrogen-bond donors (Lipinski definition) is 0. The lowest BCUT2D eigenvalue weighted by atomic mass is 9.91. The van der Waals surface area contributed by atoms with Gasteiger partial charge < -0.3 is 0 Å². The van der Waals surface area contributed by atoms with Crippen LogP contribution in [0.3, 0.4) is 0 Å². The first kappa shape index (κ1) is 33.1. The number of nitrogens with zero attached hydrogens (tertiary/aromatic N) is 6. The predicted octanol–water partition coefficient (Wildman–Crippen LogP) is 13.0. The van der Waals surface area contributed by atoms with Crippen molar-refractivity contribution in [2.45, 2.75) is 0 Å². The monoisotopic (exact) mass is 754 g/mol. The first-order chi connectivity index (χ1) is 29.3. The van der Waals surface area contributed by atoms with Crippen molar-refractivity contribution >= 4 is 54.6 Å². The van der Waals surface area contributed by atoms with Crippen LogP contribution < -0.4 is 0 Å². The van der Waals surface area contributed by atoms with E-state index < -0.39 is 0 Å². The van der Waals surface area contributed by atoms with E-state index in [9.17, 15) is 0 Å². The van der Waals surface area contributed by atoms with Gasteiger partial charge in [-0.1, -0.05) is 127 Å². The van der Waals surface area contributed by atoms with Crippen LogP contribution >= 0.6 is 0 Å². The maximum atomic E-state index is 5.49. The Morgan fingerprint density at radius 3 is 1.02 bits per heavy atom. The zero-order chi connectivity index (χ0) is 38.9. The van der Waals surface area contributed by atoms with Gasteiger partial charge in [0.15, 0.2) is 0 Å². The van der Waals surface area contributed by atoms with Gasteiger partial charge in [0.25, 0.3) is 0 Å². The topological polar surface area (TPSA) is 53.5 Å². The van der Waals surface area contributed by atoms with Crippen LogP contribution in [0.15, 0.2) is 206 Å². The molecule has 0 N–H and O–H groups in total. The summed E-state index contributed by atoms with van der Waals surface area (Å²) in [6, 6.07) is 72.4. The van der Waals surface area contributed by atoms with Gasteiger partial charge in [-0.15, -0.1) is 0 Å². The summed E-state index contributed by atoms with van der Waals surface area (Å²) < 4.78 is 6.88. The molecule has 12 aromatic rings. The summed E-state index contributed by atoms with van der Waals surface area (Å²) in [5.41, 5.74) is 12.2. The van der Waals surface area contributed by atoms with E-state index in [0.29, 0.717) is 0 Å². The standard InChI is InChI=1S/C53H34N6/c1-4-18-35(19-5-1)57-47-31-13-10-28-44(47)54-51(57)40-26-16-24-38-42(40)34-43-39(50(38)53-56-46-30-12-15-33-49(46)59(53)37-22-8-3-9-23-37)25-17-27-41(43)52-55-45-29-11-14-32-48(45)58(52)36-20-6-2-7-21-36/h1-34H. The summed E-state index contributed by atoms with van der Waals surface area (Å²) in [6.07, 6.45) is 0. The number of para-hydroxylation sites is 9. The molecule has 0 atom stereocenters. The summed E-state index contributed by atoms with van der Waals surface area (Å²) in [5, 5.41) is 4.32. The highest BCUT2D eigenvalue weighted by atomic mass is 15.1. The van der Waals surface area contributed by atoms with Crippen molar-refractivity contribution in [3.63, 3.8) is 0 Å². The van der Waals surface area contributed by atoms with Gasteiger partial charge in [0, 0.05) is 33.8 Å². The highest BCUT2D eigenvalue weighted by molar-refractivity contribution is 6.18. The molecule has 3 aromatic heterocycles. The van der Waals surface area contributed by atoms with Crippen molar-refractivity contribution in [3.05, 3.63) is 206 Å². The lowest BCUT2D eigenvalue weighted by Gasteiger charge is -2.19. The molecule has 0 saturated heterocycles. The summed E-state index contributed by atoms with van der Waals surface area (Å²) in [4.78, 5) is 16.2. The van der Waals surface area contributed by atoms with E-state index in [1.807, 2.05) is 0 Å². The molecule has 6 nitrogen and oxygen atoms in total. The van der Waals surface area contributed by atoms with E-state index in [2.05, 4.69) is 220 Å². The molecule has 0 unspecified atom stereocenters. The third kappa shape index (κ3) is 5.17. The fraction of sp³-hybridized carbons (Fsp3) is 0. The van der Waals surface area contributed by atoms with Crippen molar-refractivity contribution in [2.75, 3.05) is 0 Å². The quantitative estimate of drug-likeness (QED) is 0.159. The fourth-order valence-electron chi connectivity index (χ4n) is 8.92. The number of imidazole rings is 3. The van der Waals surface area contributed by atoms with E-state index in [0.717, 1.165) is 106 Å². The van der Waals surface area contributed by atoms with Gasteiger partial charge in [-0.2, -0.15) is 0 Å². The molecule has 0 spiro atoms. The Labute approximate surface area is 339 Å². The van der Waals surface area contributed by atoms with Gasteiger partial charge in [-0.25, -0.2) is 15.0 Å². The van der Waals surface area contributed by atoms with Crippen molar-refractivity contribution in [1.82, 2.24) is 28.7 Å². The molecule has 0 fully saturated rings. The van der Waals surface area contributed by atoms with Crippen molar-refractivity contribution in [1.29, 1.82) is 0 Å². The molecule has 0 saturated carbocycles. The second-order valence-corrected chi connectivity index (χ2v) is 14.8. The van der Waals surface area contributed by atoms with E-state index in [1.165, 1.54) is 0 Å². The van der Waals surface area contributed by atoms with Crippen LogP contribution in [0.5, 0.6) is 0 Å². The minimum Gasteiger partial charge on any atom is -0.292 e. The Balaban J connectivity index is 1.25. The van der Waals surface area contributed by atoms with Gasteiger partial charge in [0.2, 0.25) is 0 Å². The van der Waals surface area contributed by atoms with E-state index >= 15 is 0 Å². The largest absolute Gasteiger partial charge is 0.292 e. The first-order valence-electron chi connectivity index (χ1n) is 19.9. The van der Waals surface area contributed by atoms with Crippen molar-refractivity contribution < 1.29 is 0 Å². The first-order valence-corrected chi connectivity index (χ1v) is 19.9. The zero-order valence-corrected chi connectivity index (χ0v) is 31.8. The van der Waals surface area contributed by atoms with Gasteiger partial charge in [0.1, 0.15) is 17.5 Å². The molecule has 0 radical (unpaired) electrons. The molecule has 0 aliphatic carbocycles. The molecule has 0 amide bonds. The summed E-state index contributed by atoms with van der Waals surface area (Å²) in [7, 11) is 0. The zero-order valence-electron chi connectivity index (χ0n) is 31.8. The van der Waals surface area contributed by atoms with E-state index in [1.54, 1.807) is 0 Å². The van der Waals surface area contributed by atoms with Crippen LogP contribution in [-0.2, 0) is 0 Å². The maximum absolute atomic E-state index is 5.49. The number of aromatic nitrogens is 6. The average Bonchev–Trinajstić information content (AvgIpc) is 4.00. The third-order valence-electron chi connectivity index (χ3n) is 11.5. The molecule has 9 aromatic carbocycles. The molecule has 0 bridgehead atoms. The minimum atomic E-state index is 0.871. The Kier molecular flexibility index (Phi) is 7.43.